The lowest BCUT2D eigenvalue weighted by Crippen LogP contribution is -2.35. The third-order valence-electron chi connectivity index (χ3n) is 6.01. The normalized spacial score (nSPS) is 19.7. The second kappa shape index (κ2) is 9.74. The molecule has 1 saturated heterocycles. The number of hydrogen-bond acceptors (Lipinski definition) is 2. The van der Waals surface area contributed by atoms with Crippen LogP contribution in [-0.2, 0) is 12.6 Å². The Labute approximate surface area is 195 Å². The summed E-state index contributed by atoms with van der Waals surface area (Å²) >= 11 is 12.4. The van der Waals surface area contributed by atoms with Crippen molar-refractivity contribution in [3.63, 3.8) is 0 Å². The molecule has 3 atom stereocenters. The molecule has 4 rings (SSSR count). The number of halogens is 5. The van der Waals surface area contributed by atoms with Crippen LogP contribution < -0.4 is 10.6 Å². The first-order valence-corrected chi connectivity index (χ1v) is 11.2. The lowest BCUT2D eigenvalue weighted by Gasteiger charge is -2.30. The fourth-order valence-electron chi connectivity index (χ4n) is 4.38. The molecule has 0 aliphatic carbocycles. The fraction of sp³-hybridized carbons (Fsp3) is 0.280. The van der Waals surface area contributed by atoms with Gasteiger partial charge in [-0.15, -0.1) is 0 Å². The van der Waals surface area contributed by atoms with Crippen LogP contribution in [0.15, 0.2) is 72.8 Å². The van der Waals surface area contributed by atoms with Crippen LogP contribution in [0.1, 0.15) is 22.6 Å². The Bertz CT molecular complexity index is 1040. The van der Waals surface area contributed by atoms with E-state index < -0.39 is 11.7 Å². The summed E-state index contributed by atoms with van der Waals surface area (Å²) < 4.78 is 38.9. The summed E-state index contributed by atoms with van der Waals surface area (Å²) in [7, 11) is 0. The monoisotopic (exact) mass is 478 g/mol. The van der Waals surface area contributed by atoms with E-state index in [0.717, 1.165) is 42.8 Å². The van der Waals surface area contributed by atoms with Crippen LogP contribution in [0.3, 0.4) is 0 Å². The van der Waals surface area contributed by atoms with E-state index in [4.69, 9.17) is 23.2 Å². The maximum atomic E-state index is 13.0. The Hall–Kier alpha value is -2.21. The van der Waals surface area contributed by atoms with Gasteiger partial charge in [0.05, 0.1) is 15.6 Å². The summed E-state index contributed by atoms with van der Waals surface area (Å²) in [6.45, 7) is 1.58. The third-order valence-corrected chi connectivity index (χ3v) is 6.75. The Morgan fingerprint density at radius 2 is 1.62 bits per heavy atom. The van der Waals surface area contributed by atoms with Crippen molar-refractivity contribution < 1.29 is 13.2 Å². The van der Waals surface area contributed by atoms with Gasteiger partial charge in [-0.3, -0.25) is 0 Å². The van der Waals surface area contributed by atoms with Crippen LogP contribution >= 0.6 is 23.2 Å². The Morgan fingerprint density at radius 3 is 2.28 bits per heavy atom. The number of hydrogen-bond donors (Lipinski definition) is 2. The van der Waals surface area contributed by atoms with Crippen molar-refractivity contribution >= 4 is 28.9 Å². The van der Waals surface area contributed by atoms with Gasteiger partial charge >= 0.3 is 6.18 Å². The number of rotatable bonds is 6. The van der Waals surface area contributed by atoms with E-state index in [9.17, 15) is 13.2 Å². The molecule has 2 N–H and O–H groups in total. The highest BCUT2D eigenvalue weighted by Crippen LogP contribution is 2.36. The zero-order valence-corrected chi connectivity index (χ0v) is 18.7. The van der Waals surface area contributed by atoms with Gasteiger partial charge in [0.2, 0.25) is 0 Å². The lowest BCUT2D eigenvalue weighted by molar-refractivity contribution is -0.137. The van der Waals surface area contributed by atoms with E-state index in [-0.39, 0.29) is 17.9 Å². The number of alkyl halides is 3. The van der Waals surface area contributed by atoms with E-state index in [1.165, 1.54) is 12.1 Å². The minimum absolute atomic E-state index is 0.00332. The molecule has 3 aromatic carbocycles. The predicted molar refractivity (Wildman–Crippen MR) is 125 cm³/mol. The minimum atomic E-state index is -4.35. The SMILES string of the molecule is FC(F)(F)c1ccc(NC(Cc2ccccc2)C2CNCC2c2ccc(Cl)c(Cl)c2)cc1. The van der Waals surface area contributed by atoms with Crippen molar-refractivity contribution in [3.05, 3.63) is 99.5 Å². The van der Waals surface area contributed by atoms with Crippen molar-refractivity contribution in [1.29, 1.82) is 0 Å². The Kier molecular flexibility index (Phi) is 6.99. The fourth-order valence-corrected chi connectivity index (χ4v) is 4.68. The Morgan fingerprint density at radius 1 is 0.906 bits per heavy atom. The molecule has 1 fully saturated rings. The molecule has 0 saturated carbocycles. The molecule has 7 heteroatoms. The van der Waals surface area contributed by atoms with Crippen LogP contribution in [0.5, 0.6) is 0 Å². The van der Waals surface area contributed by atoms with Crippen LogP contribution in [0.25, 0.3) is 0 Å². The van der Waals surface area contributed by atoms with E-state index in [0.29, 0.717) is 15.7 Å². The maximum absolute atomic E-state index is 13.0. The Balaban J connectivity index is 1.61. The molecular weight excluding hydrogens is 456 g/mol. The second-order valence-electron chi connectivity index (χ2n) is 8.12. The zero-order valence-electron chi connectivity index (χ0n) is 17.2. The van der Waals surface area contributed by atoms with Crippen LogP contribution in [0, 0.1) is 5.92 Å². The van der Waals surface area contributed by atoms with Crippen LogP contribution in [-0.4, -0.2) is 19.1 Å². The number of benzene rings is 3. The van der Waals surface area contributed by atoms with Gasteiger partial charge in [-0.25, -0.2) is 0 Å². The van der Waals surface area contributed by atoms with Crippen molar-refractivity contribution in [2.75, 3.05) is 18.4 Å². The molecule has 0 radical (unpaired) electrons. The average molecular weight is 479 g/mol. The highest BCUT2D eigenvalue weighted by Gasteiger charge is 2.35. The van der Waals surface area contributed by atoms with Crippen molar-refractivity contribution in [2.24, 2.45) is 5.92 Å². The molecule has 32 heavy (non-hydrogen) atoms. The summed E-state index contributed by atoms with van der Waals surface area (Å²) in [5.74, 6) is 0.398. The van der Waals surface area contributed by atoms with Gasteiger partial charge in [-0.2, -0.15) is 13.2 Å². The molecule has 0 aromatic heterocycles. The molecule has 1 heterocycles. The van der Waals surface area contributed by atoms with Gasteiger partial charge in [0, 0.05) is 30.7 Å². The first-order valence-electron chi connectivity index (χ1n) is 10.4. The van der Waals surface area contributed by atoms with Crippen LogP contribution in [0.2, 0.25) is 10.0 Å². The van der Waals surface area contributed by atoms with Gasteiger partial charge in [0.1, 0.15) is 0 Å². The van der Waals surface area contributed by atoms with Crippen LogP contribution in [0.4, 0.5) is 18.9 Å². The standard InChI is InChI=1S/C25H23Cl2F3N2/c26-22-11-6-17(13-23(22)27)20-14-31-15-21(20)24(12-16-4-2-1-3-5-16)32-19-9-7-18(8-10-19)25(28,29)30/h1-11,13,20-21,24,31-32H,12,14-15H2. The topological polar surface area (TPSA) is 24.1 Å². The van der Waals surface area contributed by atoms with Crippen molar-refractivity contribution in [2.45, 2.75) is 24.6 Å². The van der Waals surface area contributed by atoms with Crippen molar-refractivity contribution in [1.82, 2.24) is 5.32 Å². The van der Waals surface area contributed by atoms with Gasteiger partial charge in [0.25, 0.3) is 0 Å². The van der Waals surface area contributed by atoms with E-state index >= 15 is 0 Å². The molecule has 3 unspecified atom stereocenters. The summed E-state index contributed by atoms with van der Waals surface area (Å²) in [6, 6.07) is 21.0. The third kappa shape index (κ3) is 5.40. The zero-order chi connectivity index (χ0) is 22.7. The van der Waals surface area contributed by atoms with Gasteiger partial charge in [-0.05, 0) is 59.9 Å². The summed E-state index contributed by atoms with van der Waals surface area (Å²) in [5.41, 5.74) is 2.27. The molecule has 0 spiro atoms. The highest BCUT2D eigenvalue weighted by molar-refractivity contribution is 6.42. The molecule has 2 nitrogen and oxygen atoms in total. The predicted octanol–water partition coefficient (Wildman–Crippen LogP) is 7.04. The first-order chi connectivity index (χ1) is 15.3. The average Bonchev–Trinajstić information content (AvgIpc) is 3.26. The summed E-state index contributed by atoms with van der Waals surface area (Å²) in [6.07, 6.45) is -3.61. The molecule has 0 bridgehead atoms. The molecule has 3 aromatic rings. The largest absolute Gasteiger partial charge is 0.416 e. The molecule has 0 amide bonds. The minimum Gasteiger partial charge on any atom is -0.382 e. The summed E-state index contributed by atoms with van der Waals surface area (Å²) in [4.78, 5) is 0. The smallest absolute Gasteiger partial charge is 0.382 e. The molecule has 168 valence electrons. The number of anilines is 1. The maximum Gasteiger partial charge on any atom is 0.416 e. The summed E-state index contributed by atoms with van der Waals surface area (Å²) in [5, 5.41) is 8.01. The van der Waals surface area contributed by atoms with E-state index in [2.05, 4.69) is 22.8 Å². The molecule has 1 aliphatic rings. The second-order valence-corrected chi connectivity index (χ2v) is 8.93. The first kappa shape index (κ1) is 23.0. The number of nitrogens with one attached hydrogen (secondary N) is 2. The molecular formula is C25H23Cl2F3N2. The van der Waals surface area contributed by atoms with E-state index in [1.807, 2.05) is 36.4 Å². The van der Waals surface area contributed by atoms with Gasteiger partial charge in [-0.1, -0.05) is 59.6 Å². The van der Waals surface area contributed by atoms with E-state index in [1.54, 1.807) is 0 Å². The van der Waals surface area contributed by atoms with Crippen molar-refractivity contribution in [3.8, 4) is 0 Å². The highest BCUT2D eigenvalue weighted by atomic mass is 35.5. The quantitative estimate of drug-likeness (QED) is 0.396. The van der Waals surface area contributed by atoms with Gasteiger partial charge < -0.3 is 10.6 Å². The lowest BCUT2D eigenvalue weighted by atomic mass is 9.81. The van der Waals surface area contributed by atoms with Gasteiger partial charge in [0.15, 0.2) is 0 Å². The molecule has 1 aliphatic heterocycles.